The third-order valence-corrected chi connectivity index (χ3v) is 4.12. The van der Waals surface area contributed by atoms with Crippen molar-refractivity contribution in [2.75, 3.05) is 0 Å². The Morgan fingerprint density at radius 1 is 1.00 bits per heavy atom. The summed E-state index contributed by atoms with van der Waals surface area (Å²) in [5.74, 6) is -0.290. The van der Waals surface area contributed by atoms with Crippen LogP contribution >= 0.6 is 0 Å². The molecule has 2 heteroatoms. The molecule has 1 aliphatic carbocycles. The number of aryl methyl sites for hydroxylation is 1. The largest absolute Gasteiger partial charge is 0.385 e. The first-order valence-corrected chi connectivity index (χ1v) is 7.02. The molecule has 0 aromatic heterocycles. The third-order valence-electron chi connectivity index (χ3n) is 4.12. The predicted octanol–water partition coefficient (Wildman–Crippen LogP) is 4.56. The third kappa shape index (κ3) is 3.00. The van der Waals surface area contributed by atoms with E-state index < -0.39 is 5.60 Å². The van der Waals surface area contributed by atoms with Crippen molar-refractivity contribution in [3.8, 4) is 0 Å². The van der Waals surface area contributed by atoms with Crippen molar-refractivity contribution in [2.45, 2.75) is 59.5 Å². The van der Waals surface area contributed by atoms with Crippen LogP contribution in [0.25, 0.3) is 0 Å². The zero-order valence-electron chi connectivity index (χ0n) is 12.7. The van der Waals surface area contributed by atoms with Crippen LogP contribution in [-0.2, 0) is 5.60 Å². The number of hydrogen-bond donors (Lipinski definition) is 1. The Balaban J connectivity index is 2.49. The van der Waals surface area contributed by atoms with Crippen molar-refractivity contribution in [1.29, 1.82) is 0 Å². The van der Waals surface area contributed by atoms with Gasteiger partial charge in [-0.2, -0.15) is 0 Å². The van der Waals surface area contributed by atoms with Crippen LogP contribution in [0, 0.1) is 23.6 Å². The van der Waals surface area contributed by atoms with Crippen LogP contribution < -0.4 is 0 Å². The lowest BCUT2D eigenvalue weighted by atomic mass is 9.58. The van der Waals surface area contributed by atoms with Crippen LogP contribution in [0.1, 0.15) is 58.1 Å². The van der Waals surface area contributed by atoms with E-state index in [-0.39, 0.29) is 16.6 Å². The van der Waals surface area contributed by atoms with E-state index in [1.165, 1.54) is 6.07 Å². The normalized spacial score (nSPS) is 24.2. The van der Waals surface area contributed by atoms with Crippen LogP contribution in [0.15, 0.2) is 18.2 Å². The maximum absolute atomic E-state index is 14.1. The van der Waals surface area contributed by atoms with Gasteiger partial charge in [-0.1, -0.05) is 45.4 Å². The molecule has 0 amide bonds. The van der Waals surface area contributed by atoms with Crippen LogP contribution in [-0.4, -0.2) is 5.11 Å². The number of halogens is 1. The van der Waals surface area contributed by atoms with Gasteiger partial charge < -0.3 is 5.11 Å². The number of hydrogen-bond acceptors (Lipinski definition) is 1. The van der Waals surface area contributed by atoms with E-state index in [1.807, 2.05) is 6.92 Å². The molecule has 2 rings (SSSR count). The van der Waals surface area contributed by atoms with Gasteiger partial charge in [-0.15, -0.1) is 0 Å². The Morgan fingerprint density at radius 3 is 2.05 bits per heavy atom. The molecule has 19 heavy (non-hydrogen) atoms. The van der Waals surface area contributed by atoms with Gasteiger partial charge in [-0.25, -0.2) is 4.39 Å². The monoisotopic (exact) mass is 264 g/mol. The molecule has 1 nitrogen and oxygen atoms in total. The molecule has 0 atom stereocenters. The maximum Gasteiger partial charge on any atom is 0.129 e. The summed E-state index contributed by atoms with van der Waals surface area (Å²) < 4.78 is 14.1. The van der Waals surface area contributed by atoms with Crippen LogP contribution in [0.2, 0.25) is 0 Å². The first kappa shape index (κ1) is 14.5. The summed E-state index contributed by atoms with van der Waals surface area (Å²) in [7, 11) is 0. The standard InChI is InChI=1S/C17H25FO/c1-12-6-7-14(18)13(8-12)17(19)10-15(2,3)9-16(4,5)11-17/h6-8,19H,9-11H2,1-5H3. The lowest BCUT2D eigenvalue weighted by molar-refractivity contribution is -0.0931. The lowest BCUT2D eigenvalue weighted by Gasteiger charge is -2.49. The molecule has 1 aromatic rings. The molecule has 1 aromatic carbocycles. The Kier molecular flexibility index (Phi) is 3.29. The van der Waals surface area contributed by atoms with Crippen molar-refractivity contribution in [3.05, 3.63) is 35.1 Å². The molecular weight excluding hydrogens is 239 g/mol. The molecule has 1 N–H and O–H groups in total. The Hall–Kier alpha value is -0.890. The smallest absolute Gasteiger partial charge is 0.129 e. The van der Waals surface area contributed by atoms with Gasteiger partial charge >= 0.3 is 0 Å². The zero-order chi connectivity index (χ0) is 14.5. The fourth-order valence-electron chi connectivity index (χ4n) is 4.25. The fourth-order valence-corrected chi connectivity index (χ4v) is 4.25. The van der Waals surface area contributed by atoms with Gasteiger partial charge in [0.05, 0.1) is 5.60 Å². The zero-order valence-corrected chi connectivity index (χ0v) is 12.7. The van der Waals surface area contributed by atoms with Gasteiger partial charge in [0.25, 0.3) is 0 Å². The molecule has 0 spiro atoms. The minimum Gasteiger partial charge on any atom is -0.385 e. The van der Waals surface area contributed by atoms with Gasteiger partial charge in [-0.05, 0) is 43.1 Å². The minimum absolute atomic E-state index is 0.0205. The number of rotatable bonds is 1. The second kappa shape index (κ2) is 4.31. The molecule has 1 fully saturated rings. The molecule has 0 heterocycles. The van der Waals surface area contributed by atoms with E-state index in [4.69, 9.17) is 0 Å². The molecule has 106 valence electrons. The average Bonchev–Trinajstić information content (AvgIpc) is 2.16. The fraction of sp³-hybridized carbons (Fsp3) is 0.647. The number of aliphatic hydroxyl groups is 1. The quantitative estimate of drug-likeness (QED) is 0.788. The highest BCUT2D eigenvalue weighted by molar-refractivity contribution is 5.30. The average molecular weight is 264 g/mol. The Labute approximate surface area is 115 Å². The Morgan fingerprint density at radius 2 is 1.53 bits per heavy atom. The van der Waals surface area contributed by atoms with E-state index in [1.54, 1.807) is 12.1 Å². The summed E-state index contributed by atoms with van der Waals surface area (Å²) in [6.45, 7) is 10.6. The van der Waals surface area contributed by atoms with Gasteiger partial charge in [0.2, 0.25) is 0 Å². The summed E-state index contributed by atoms with van der Waals surface area (Å²) >= 11 is 0. The van der Waals surface area contributed by atoms with Crippen molar-refractivity contribution < 1.29 is 9.50 Å². The molecule has 0 radical (unpaired) electrons. The van der Waals surface area contributed by atoms with E-state index in [0.29, 0.717) is 18.4 Å². The van der Waals surface area contributed by atoms with Crippen LogP contribution in [0.4, 0.5) is 4.39 Å². The van der Waals surface area contributed by atoms with E-state index in [9.17, 15) is 9.50 Å². The van der Waals surface area contributed by atoms with Crippen LogP contribution in [0.5, 0.6) is 0 Å². The first-order chi connectivity index (χ1) is 8.53. The molecule has 0 aliphatic heterocycles. The second-order valence-electron chi connectivity index (χ2n) is 7.87. The summed E-state index contributed by atoms with van der Waals surface area (Å²) in [6, 6.07) is 5.02. The van der Waals surface area contributed by atoms with E-state index in [0.717, 1.165) is 12.0 Å². The van der Waals surface area contributed by atoms with Gasteiger partial charge in [0.1, 0.15) is 5.82 Å². The SMILES string of the molecule is Cc1ccc(F)c(C2(O)CC(C)(C)CC(C)(C)C2)c1. The summed E-state index contributed by atoms with van der Waals surface area (Å²) in [5.41, 5.74) is 0.445. The molecule has 1 saturated carbocycles. The van der Waals surface area contributed by atoms with Crippen molar-refractivity contribution in [3.63, 3.8) is 0 Å². The minimum atomic E-state index is -1.05. The first-order valence-electron chi connectivity index (χ1n) is 7.02. The van der Waals surface area contributed by atoms with Gasteiger partial charge in [0, 0.05) is 5.56 Å². The highest BCUT2D eigenvalue weighted by Crippen LogP contribution is 2.54. The molecule has 0 saturated heterocycles. The van der Waals surface area contributed by atoms with Crippen molar-refractivity contribution in [2.24, 2.45) is 10.8 Å². The second-order valence-corrected chi connectivity index (χ2v) is 7.87. The molecule has 0 bridgehead atoms. The Bertz CT molecular complexity index is 472. The summed E-state index contributed by atoms with van der Waals surface area (Å²) in [5, 5.41) is 11.1. The highest BCUT2D eigenvalue weighted by Gasteiger charge is 2.48. The molecular formula is C17H25FO. The summed E-state index contributed by atoms with van der Waals surface area (Å²) in [4.78, 5) is 0. The van der Waals surface area contributed by atoms with E-state index >= 15 is 0 Å². The van der Waals surface area contributed by atoms with Crippen molar-refractivity contribution in [1.82, 2.24) is 0 Å². The predicted molar refractivity (Wildman–Crippen MR) is 76.4 cm³/mol. The molecule has 1 aliphatic rings. The van der Waals surface area contributed by atoms with Crippen LogP contribution in [0.3, 0.4) is 0 Å². The van der Waals surface area contributed by atoms with Crippen molar-refractivity contribution >= 4 is 0 Å². The number of benzene rings is 1. The van der Waals surface area contributed by atoms with E-state index in [2.05, 4.69) is 27.7 Å². The maximum atomic E-state index is 14.1. The topological polar surface area (TPSA) is 20.2 Å². The highest BCUT2D eigenvalue weighted by atomic mass is 19.1. The van der Waals surface area contributed by atoms with Gasteiger partial charge in [-0.3, -0.25) is 0 Å². The molecule has 0 unspecified atom stereocenters. The lowest BCUT2D eigenvalue weighted by Crippen LogP contribution is -2.44. The summed E-state index contributed by atoms with van der Waals surface area (Å²) in [6.07, 6.45) is 2.28. The van der Waals surface area contributed by atoms with Gasteiger partial charge in [0.15, 0.2) is 0 Å².